The molecule has 3 aromatic carbocycles. The molecule has 0 saturated carbocycles. The number of anilines is 2. The van der Waals surface area contributed by atoms with Crippen molar-refractivity contribution >= 4 is 46.5 Å². The number of para-hydroxylation sites is 1. The van der Waals surface area contributed by atoms with Gasteiger partial charge in [0.15, 0.2) is 6.73 Å². The summed E-state index contributed by atoms with van der Waals surface area (Å²) >= 11 is 13.3. The smallest absolute Gasteiger partial charge is 0.337 e. The Morgan fingerprint density at radius 3 is 2.28 bits per heavy atom. The van der Waals surface area contributed by atoms with Crippen molar-refractivity contribution in [3.63, 3.8) is 0 Å². The lowest BCUT2D eigenvalue weighted by Crippen LogP contribution is -2.66. The third-order valence-corrected chi connectivity index (χ3v) is 10.7. The summed E-state index contributed by atoms with van der Waals surface area (Å²) in [5.74, 6) is -1.85. The van der Waals surface area contributed by atoms with E-state index >= 15 is 4.39 Å². The van der Waals surface area contributed by atoms with E-state index < -0.39 is 23.9 Å². The topological polar surface area (TPSA) is 85.8 Å². The van der Waals surface area contributed by atoms with Gasteiger partial charge in [-0.3, -0.25) is 9.69 Å². The first-order valence-corrected chi connectivity index (χ1v) is 16.5. The number of nitrogens with zero attached hydrogens (tertiary/aromatic N) is 4. The van der Waals surface area contributed by atoms with Crippen LogP contribution in [0.5, 0.6) is 5.75 Å². The number of morpholine rings is 1. The van der Waals surface area contributed by atoms with Crippen molar-refractivity contribution in [3.8, 4) is 16.9 Å². The second-order valence-electron chi connectivity index (χ2n) is 12.9. The minimum Gasteiger partial charge on any atom is -0.478 e. The van der Waals surface area contributed by atoms with Gasteiger partial charge in [-0.25, -0.2) is 13.6 Å². The number of aromatic carboxylic acids is 1. The molecule has 2 atom stereocenters. The van der Waals surface area contributed by atoms with Crippen LogP contribution in [0, 0.1) is 5.82 Å². The number of halogens is 4. The van der Waals surface area contributed by atoms with E-state index in [-0.39, 0.29) is 52.1 Å². The van der Waals surface area contributed by atoms with Crippen LogP contribution in [0.25, 0.3) is 11.1 Å². The van der Waals surface area contributed by atoms with Gasteiger partial charge in [0, 0.05) is 54.6 Å². The number of carbonyl (C=O) groups excluding carboxylic acids is 1. The Morgan fingerprint density at radius 2 is 1.62 bits per heavy atom. The van der Waals surface area contributed by atoms with Crippen LogP contribution in [0.2, 0.25) is 10.0 Å². The number of ether oxygens (including phenoxy) is 2. The van der Waals surface area contributed by atoms with Crippen LogP contribution in [-0.4, -0.2) is 97.2 Å². The van der Waals surface area contributed by atoms with Gasteiger partial charge in [0.1, 0.15) is 17.7 Å². The standard InChI is InChI=1S/C34H32Cl2F2N4O5/c35-27-6-22(40-13-23(14-40)39-11-19(37)12-39)7-28(36)31(27)33(43)41-10-18-2-1-3-24(32(18)47-17-41)25-9-30(26(34(44)45)8-29(25)38)42-20-4-5-21(42)16-46-15-20/h1-3,6-9,19-21,23H,4-5,10-17H2,(H,44,45). The summed E-state index contributed by atoms with van der Waals surface area (Å²) in [6.45, 7) is 3.45. The van der Waals surface area contributed by atoms with E-state index in [1.54, 1.807) is 36.4 Å². The molecule has 0 aliphatic carbocycles. The number of hydrogen-bond acceptors (Lipinski definition) is 7. The summed E-state index contributed by atoms with van der Waals surface area (Å²) in [6, 6.07) is 11.8. The number of benzene rings is 3. The summed E-state index contributed by atoms with van der Waals surface area (Å²) in [5.41, 5.74) is 2.70. The lowest BCUT2D eigenvalue weighted by atomic mass is 9.96. The number of fused-ring (bicyclic) bond motifs is 3. The second-order valence-corrected chi connectivity index (χ2v) is 13.8. The van der Waals surface area contributed by atoms with Gasteiger partial charge in [-0.2, -0.15) is 0 Å². The Bertz CT molecular complexity index is 1740. The van der Waals surface area contributed by atoms with Gasteiger partial charge < -0.3 is 29.3 Å². The van der Waals surface area contributed by atoms with Crippen LogP contribution >= 0.6 is 23.2 Å². The maximum atomic E-state index is 15.7. The lowest BCUT2D eigenvalue weighted by Gasteiger charge is -2.51. The van der Waals surface area contributed by atoms with Crippen molar-refractivity contribution < 1.29 is 33.0 Å². The molecule has 13 heteroatoms. The molecule has 2 unspecified atom stereocenters. The highest BCUT2D eigenvalue weighted by molar-refractivity contribution is 6.40. The van der Waals surface area contributed by atoms with Crippen molar-refractivity contribution in [2.75, 3.05) is 55.9 Å². The molecule has 5 aliphatic heterocycles. The summed E-state index contributed by atoms with van der Waals surface area (Å²) in [4.78, 5) is 33.7. The van der Waals surface area contributed by atoms with Gasteiger partial charge >= 0.3 is 5.97 Å². The van der Waals surface area contributed by atoms with E-state index in [0.29, 0.717) is 54.9 Å². The van der Waals surface area contributed by atoms with Gasteiger partial charge in [-0.05, 0) is 37.1 Å². The summed E-state index contributed by atoms with van der Waals surface area (Å²) in [7, 11) is 0. The Hall–Kier alpha value is -3.64. The normalized spacial score (nSPS) is 22.9. The average Bonchev–Trinajstić information content (AvgIpc) is 3.25. The third-order valence-electron chi connectivity index (χ3n) is 10.1. The molecule has 9 nitrogen and oxygen atoms in total. The molecule has 5 aliphatic rings. The van der Waals surface area contributed by atoms with Crippen LogP contribution < -0.4 is 14.5 Å². The van der Waals surface area contributed by atoms with E-state index in [2.05, 4.69) is 14.7 Å². The first-order chi connectivity index (χ1) is 22.7. The number of amides is 1. The number of alkyl halides is 1. The first-order valence-electron chi connectivity index (χ1n) is 15.8. The first kappa shape index (κ1) is 30.7. The van der Waals surface area contributed by atoms with Crippen molar-refractivity contribution in [1.29, 1.82) is 0 Å². The summed E-state index contributed by atoms with van der Waals surface area (Å²) in [6.07, 6.45) is 1.01. The molecule has 47 heavy (non-hydrogen) atoms. The fraction of sp³-hybridized carbons (Fsp3) is 0.412. The minimum absolute atomic E-state index is 0.0251. The zero-order valence-corrected chi connectivity index (χ0v) is 26.8. The van der Waals surface area contributed by atoms with Crippen LogP contribution in [0.4, 0.5) is 20.2 Å². The third kappa shape index (κ3) is 5.28. The summed E-state index contributed by atoms with van der Waals surface area (Å²) in [5, 5.41) is 10.4. The summed E-state index contributed by atoms with van der Waals surface area (Å²) < 4.78 is 40.8. The number of rotatable bonds is 6. The molecule has 1 amide bonds. The quantitative estimate of drug-likeness (QED) is 0.354. The van der Waals surface area contributed by atoms with E-state index in [0.717, 1.165) is 37.7 Å². The van der Waals surface area contributed by atoms with E-state index in [1.165, 1.54) is 4.90 Å². The molecule has 8 rings (SSSR count). The van der Waals surface area contributed by atoms with Crippen molar-refractivity contribution in [3.05, 3.63) is 75.0 Å². The SMILES string of the molecule is O=C(O)c1cc(F)c(-c2cccc3c2OCN(C(=O)c2c(Cl)cc(N4CC(N5CC(F)C5)C4)cc2Cl)C3)cc1N1C2CCC1COC2. The Labute approximate surface area is 280 Å². The molecular formula is C34H32Cl2F2N4O5. The van der Waals surface area contributed by atoms with Crippen LogP contribution in [0.1, 0.15) is 39.1 Å². The Balaban J connectivity index is 1.04. The maximum Gasteiger partial charge on any atom is 0.337 e. The predicted octanol–water partition coefficient (Wildman–Crippen LogP) is 5.70. The van der Waals surface area contributed by atoms with Gasteiger partial charge in [0.2, 0.25) is 0 Å². The van der Waals surface area contributed by atoms with Crippen molar-refractivity contribution in [2.45, 2.75) is 43.7 Å². The maximum absolute atomic E-state index is 15.7. The molecule has 4 fully saturated rings. The zero-order valence-electron chi connectivity index (χ0n) is 25.3. The van der Waals surface area contributed by atoms with Gasteiger partial charge in [-0.15, -0.1) is 0 Å². The number of likely N-dealkylation sites (tertiary alicyclic amines) is 1. The van der Waals surface area contributed by atoms with Crippen molar-refractivity contribution in [2.24, 2.45) is 0 Å². The molecule has 246 valence electrons. The Kier molecular flexibility index (Phi) is 7.70. The monoisotopic (exact) mass is 684 g/mol. The average molecular weight is 686 g/mol. The number of hydrogen-bond donors (Lipinski definition) is 1. The second kappa shape index (κ2) is 11.8. The van der Waals surface area contributed by atoms with E-state index in [4.69, 9.17) is 32.7 Å². The zero-order chi connectivity index (χ0) is 32.6. The van der Waals surface area contributed by atoms with Crippen LogP contribution in [0.15, 0.2) is 42.5 Å². The number of carboxylic acid groups (broad SMARTS) is 1. The molecule has 2 bridgehead atoms. The van der Waals surface area contributed by atoms with E-state index in [9.17, 15) is 19.1 Å². The highest BCUT2D eigenvalue weighted by atomic mass is 35.5. The van der Waals surface area contributed by atoms with Gasteiger partial charge in [0.05, 0.1) is 58.7 Å². The number of carboxylic acids is 1. The largest absolute Gasteiger partial charge is 0.478 e. The fourth-order valence-electron chi connectivity index (χ4n) is 7.55. The van der Waals surface area contributed by atoms with Gasteiger partial charge in [-0.1, -0.05) is 41.4 Å². The Morgan fingerprint density at radius 1 is 0.915 bits per heavy atom. The molecule has 0 radical (unpaired) electrons. The molecule has 1 N–H and O–H groups in total. The predicted molar refractivity (Wildman–Crippen MR) is 173 cm³/mol. The highest BCUT2D eigenvalue weighted by Gasteiger charge is 2.41. The highest BCUT2D eigenvalue weighted by Crippen LogP contribution is 2.43. The van der Waals surface area contributed by atoms with Crippen molar-refractivity contribution in [1.82, 2.24) is 9.80 Å². The van der Waals surface area contributed by atoms with Crippen LogP contribution in [-0.2, 0) is 11.3 Å². The van der Waals surface area contributed by atoms with Gasteiger partial charge in [0.25, 0.3) is 5.91 Å². The minimum atomic E-state index is -1.20. The molecule has 3 aromatic rings. The van der Waals surface area contributed by atoms with E-state index in [1.807, 2.05) is 0 Å². The van der Waals surface area contributed by atoms with Crippen LogP contribution in [0.3, 0.4) is 0 Å². The fourth-order valence-corrected chi connectivity index (χ4v) is 8.18. The number of carbonyl (C=O) groups is 2. The molecule has 0 aromatic heterocycles. The lowest BCUT2D eigenvalue weighted by molar-refractivity contribution is 0.0172. The molecular weight excluding hydrogens is 653 g/mol. The molecule has 5 heterocycles. The molecule has 4 saturated heterocycles. The molecule has 0 spiro atoms.